The second kappa shape index (κ2) is 5.92. The standard InChI is InChI=1S/C18H18ClNO/c1-2-6-14-15-9-13(12-7-4-3-5-8-12)10-16(19)18(15)21-17(14)11-20/h3-5,7-10H,2,6,11,20H2,1H3. The Hall–Kier alpha value is -1.77. The molecule has 3 rings (SSSR count). The predicted octanol–water partition coefficient (Wildman–Crippen LogP) is 5.16. The molecule has 21 heavy (non-hydrogen) atoms. The quantitative estimate of drug-likeness (QED) is 0.722. The first kappa shape index (κ1) is 14.2. The van der Waals surface area contributed by atoms with Crippen molar-refractivity contribution in [3.8, 4) is 11.1 Å². The first-order valence-corrected chi connectivity index (χ1v) is 7.61. The van der Waals surface area contributed by atoms with Gasteiger partial charge < -0.3 is 10.2 Å². The van der Waals surface area contributed by atoms with Crippen LogP contribution in [0.4, 0.5) is 0 Å². The monoisotopic (exact) mass is 299 g/mol. The first-order chi connectivity index (χ1) is 10.2. The minimum absolute atomic E-state index is 0.404. The fourth-order valence-corrected chi connectivity index (χ4v) is 3.00. The second-order valence-corrected chi connectivity index (χ2v) is 5.57. The molecule has 0 fully saturated rings. The van der Waals surface area contributed by atoms with E-state index < -0.39 is 0 Å². The summed E-state index contributed by atoms with van der Waals surface area (Å²) in [6.45, 7) is 2.56. The van der Waals surface area contributed by atoms with E-state index >= 15 is 0 Å². The molecule has 2 nitrogen and oxygen atoms in total. The summed E-state index contributed by atoms with van der Waals surface area (Å²) in [5.74, 6) is 0.846. The van der Waals surface area contributed by atoms with Crippen LogP contribution in [0.25, 0.3) is 22.1 Å². The molecule has 2 N–H and O–H groups in total. The molecule has 0 saturated carbocycles. The molecule has 1 heterocycles. The molecule has 0 aliphatic carbocycles. The highest BCUT2D eigenvalue weighted by Gasteiger charge is 2.16. The van der Waals surface area contributed by atoms with Crippen LogP contribution in [0.3, 0.4) is 0 Å². The van der Waals surface area contributed by atoms with Gasteiger partial charge in [-0.15, -0.1) is 0 Å². The van der Waals surface area contributed by atoms with Gasteiger partial charge in [0.05, 0.1) is 11.6 Å². The summed E-state index contributed by atoms with van der Waals surface area (Å²) < 4.78 is 5.87. The number of fused-ring (bicyclic) bond motifs is 1. The van der Waals surface area contributed by atoms with E-state index in [2.05, 4.69) is 25.1 Å². The highest BCUT2D eigenvalue weighted by Crippen LogP contribution is 2.36. The molecule has 2 aromatic carbocycles. The van der Waals surface area contributed by atoms with Gasteiger partial charge in [-0.1, -0.05) is 55.3 Å². The second-order valence-electron chi connectivity index (χ2n) is 5.16. The van der Waals surface area contributed by atoms with Gasteiger partial charge in [0.25, 0.3) is 0 Å². The summed E-state index contributed by atoms with van der Waals surface area (Å²) >= 11 is 6.42. The van der Waals surface area contributed by atoms with E-state index in [1.807, 2.05) is 24.3 Å². The Morgan fingerprint density at radius 3 is 2.52 bits per heavy atom. The van der Waals surface area contributed by atoms with E-state index in [-0.39, 0.29) is 0 Å². The lowest BCUT2D eigenvalue weighted by Gasteiger charge is -2.04. The zero-order valence-corrected chi connectivity index (χ0v) is 12.8. The van der Waals surface area contributed by atoms with Crippen LogP contribution in [-0.2, 0) is 13.0 Å². The maximum atomic E-state index is 6.42. The van der Waals surface area contributed by atoms with Crippen LogP contribution in [0.1, 0.15) is 24.7 Å². The number of rotatable bonds is 4. The minimum Gasteiger partial charge on any atom is -0.458 e. The third-order valence-corrected chi connectivity index (χ3v) is 4.00. The van der Waals surface area contributed by atoms with Crippen molar-refractivity contribution in [1.29, 1.82) is 0 Å². The SMILES string of the molecule is CCCc1c(CN)oc2c(Cl)cc(-c3ccccc3)cc12. The van der Waals surface area contributed by atoms with Gasteiger partial charge in [0.2, 0.25) is 0 Å². The molecule has 1 aromatic heterocycles. The van der Waals surface area contributed by atoms with E-state index in [4.69, 9.17) is 21.8 Å². The Labute approximate surface area is 129 Å². The molecule has 0 aliphatic rings. The summed E-state index contributed by atoms with van der Waals surface area (Å²) in [6, 6.07) is 14.4. The number of nitrogens with two attached hydrogens (primary N) is 1. The molecular formula is C18H18ClNO. The summed E-state index contributed by atoms with van der Waals surface area (Å²) in [7, 11) is 0. The van der Waals surface area contributed by atoms with Gasteiger partial charge in [-0.3, -0.25) is 0 Å². The highest BCUT2D eigenvalue weighted by molar-refractivity contribution is 6.35. The maximum absolute atomic E-state index is 6.42. The zero-order chi connectivity index (χ0) is 14.8. The molecule has 0 spiro atoms. The van der Waals surface area contributed by atoms with Crippen LogP contribution < -0.4 is 5.73 Å². The first-order valence-electron chi connectivity index (χ1n) is 7.24. The fourth-order valence-electron chi connectivity index (χ4n) is 2.74. The van der Waals surface area contributed by atoms with E-state index in [1.165, 1.54) is 5.56 Å². The lowest BCUT2D eigenvalue weighted by Crippen LogP contribution is -1.98. The van der Waals surface area contributed by atoms with E-state index in [0.717, 1.165) is 40.7 Å². The zero-order valence-electron chi connectivity index (χ0n) is 12.0. The average Bonchev–Trinajstić information content (AvgIpc) is 2.87. The van der Waals surface area contributed by atoms with Gasteiger partial charge in [-0.2, -0.15) is 0 Å². The molecule has 0 atom stereocenters. The smallest absolute Gasteiger partial charge is 0.153 e. The third kappa shape index (κ3) is 2.57. The molecule has 0 amide bonds. The van der Waals surface area contributed by atoms with Gasteiger partial charge in [0.1, 0.15) is 5.76 Å². The Balaban J connectivity index is 2.24. The summed E-state index contributed by atoms with van der Waals surface area (Å²) in [5.41, 5.74) is 10.0. The molecule has 3 aromatic rings. The summed E-state index contributed by atoms with van der Waals surface area (Å²) in [4.78, 5) is 0. The number of halogens is 1. The highest BCUT2D eigenvalue weighted by atomic mass is 35.5. The normalized spacial score (nSPS) is 11.2. The number of hydrogen-bond donors (Lipinski definition) is 1. The number of benzene rings is 2. The summed E-state index contributed by atoms with van der Waals surface area (Å²) in [5, 5.41) is 1.73. The van der Waals surface area contributed by atoms with Gasteiger partial charge in [0.15, 0.2) is 5.58 Å². The van der Waals surface area contributed by atoms with Crippen molar-refractivity contribution in [1.82, 2.24) is 0 Å². The number of hydrogen-bond acceptors (Lipinski definition) is 2. The molecule has 3 heteroatoms. The summed E-state index contributed by atoms with van der Waals surface area (Å²) in [6.07, 6.45) is 2.00. The topological polar surface area (TPSA) is 39.2 Å². The van der Waals surface area contributed by atoms with E-state index in [9.17, 15) is 0 Å². The van der Waals surface area contributed by atoms with Crippen LogP contribution in [0.5, 0.6) is 0 Å². The van der Waals surface area contributed by atoms with Crippen LogP contribution in [-0.4, -0.2) is 0 Å². The molecule has 0 unspecified atom stereocenters. The Bertz CT molecular complexity index is 762. The van der Waals surface area contributed by atoms with Gasteiger partial charge >= 0.3 is 0 Å². The predicted molar refractivity (Wildman–Crippen MR) is 88.5 cm³/mol. The van der Waals surface area contributed by atoms with Crippen molar-refractivity contribution in [2.75, 3.05) is 0 Å². The van der Waals surface area contributed by atoms with Crippen molar-refractivity contribution < 1.29 is 4.42 Å². The molecular weight excluding hydrogens is 282 g/mol. The molecule has 0 radical (unpaired) electrons. The largest absolute Gasteiger partial charge is 0.458 e. The Kier molecular flexibility index (Phi) is 4.00. The van der Waals surface area contributed by atoms with E-state index in [1.54, 1.807) is 0 Å². The van der Waals surface area contributed by atoms with Gasteiger partial charge in [-0.25, -0.2) is 0 Å². The van der Waals surface area contributed by atoms with Crippen molar-refractivity contribution in [2.45, 2.75) is 26.3 Å². The Morgan fingerprint density at radius 2 is 1.86 bits per heavy atom. The van der Waals surface area contributed by atoms with Crippen LogP contribution in [0, 0.1) is 0 Å². The van der Waals surface area contributed by atoms with Crippen molar-refractivity contribution in [3.63, 3.8) is 0 Å². The third-order valence-electron chi connectivity index (χ3n) is 3.72. The molecule has 0 aliphatic heterocycles. The van der Waals surface area contributed by atoms with Crippen LogP contribution in [0.15, 0.2) is 46.9 Å². The van der Waals surface area contributed by atoms with Crippen LogP contribution in [0.2, 0.25) is 5.02 Å². The lowest BCUT2D eigenvalue weighted by atomic mass is 10.00. The van der Waals surface area contributed by atoms with Crippen molar-refractivity contribution >= 4 is 22.6 Å². The maximum Gasteiger partial charge on any atom is 0.153 e. The molecule has 0 saturated heterocycles. The average molecular weight is 300 g/mol. The fraction of sp³-hybridized carbons (Fsp3) is 0.222. The van der Waals surface area contributed by atoms with E-state index in [0.29, 0.717) is 11.6 Å². The van der Waals surface area contributed by atoms with Crippen LogP contribution >= 0.6 is 11.6 Å². The van der Waals surface area contributed by atoms with Crippen molar-refractivity contribution in [3.05, 3.63) is 58.8 Å². The number of furan rings is 1. The molecule has 108 valence electrons. The molecule has 0 bridgehead atoms. The van der Waals surface area contributed by atoms with Crippen molar-refractivity contribution in [2.24, 2.45) is 5.73 Å². The Morgan fingerprint density at radius 1 is 1.10 bits per heavy atom. The van der Waals surface area contributed by atoms with Gasteiger partial charge in [0, 0.05) is 10.9 Å². The van der Waals surface area contributed by atoms with Gasteiger partial charge in [-0.05, 0) is 29.7 Å². The lowest BCUT2D eigenvalue weighted by molar-refractivity contribution is 0.545. The number of aryl methyl sites for hydroxylation is 1. The minimum atomic E-state index is 0.404.